The van der Waals surface area contributed by atoms with Crippen LogP contribution in [-0.2, 0) is 12.8 Å². The summed E-state index contributed by atoms with van der Waals surface area (Å²) in [5.74, 6) is 0.678. The molecule has 2 N–H and O–H groups in total. The summed E-state index contributed by atoms with van der Waals surface area (Å²) in [7, 11) is 0. The summed E-state index contributed by atoms with van der Waals surface area (Å²) in [5.41, 5.74) is 2.83. The maximum atomic E-state index is 12.2. The molecule has 0 saturated heterocycles. The van der Waals surface area contributed by atoms with E-state index in [2.05, 4.69) is 16.4 Å². The van der Waals surface area contributed by atoms with E-state index in [-0.39, 0.29) is 17.5 Å². The van der Waals surface area contributed by atoms with E-state index in [0.717, 1.165) is 24.8 Å². The summed E-state index contributed by atoms with van der Waals surface area (Å²) in [4.78, 5) is 27.3. The number of carbonyl (C=O) groups is 2. The standard InChI is InChI=1S/C19H18N2O3/c22-16-6-3-7-17-14(16)10-18(24-17)19(23)20-9-8-12-11-21-15-5-2-1-4-13(12)15/h1-2,4-5,10-11,21H,3,6-9H2,(H,20,23). The van der Waals surface area contributed by atoms with Crippen molar-refractivity contribution in [2.45, 2.75) is 25.7 Å². The number of para-hydroxylation sites is 1. The SMILES string of the molecule is O=C(NCCc1c[nH]c2ccccc12)c1cc2c(o1)CCCC2=O. The first-order valence-corrected chi connectivity index (χ1v) is 8.21. The van der Waals surface area contributed by atoms with Crippen molar-refractivity contribution in [3.05, 3.63) is 59.2 Å². The zero-order valence-corrected chi connectivity index (χ0v) is 13.2. The number of aromatic amines is 1. The number of aryl methyl sites for hydroxylation is 1. The molecule has 0 aliphatic heterocycles. The number of aromatic nitrogens is 1. The molecule has 0 fully saturated rings. The van der Waals surface area contributed by atoms with Crippen LogP contribution in [0.3, 0.4) is 0 Å². The Kier molecular flexibility index (Phi) is 3.69. The van der Waals surface area contributed by atoms with Crippen LogP contribution in [0.2, 0.25) is 0 Å². The number of rotatable bonds is 4. The molecule has 0 unspecified atom stereocenters. The smallest absolute Gasteiger partial charge is 0.287 e. The predicted octanol–water partition coefficient (Wildman–Crippen LogP) is 3.25. The summed E-state index contributed by atoms with van der Waals surface area (Å²) in [6.07, 6.45) is 4.76. The third-order valence-corrected chi connectivity index (χ3v) is 4.50. The molecule has 0 saturated carbocycles. The Balaban J connectivity index is 1.41. The van der Waals surface area contributed by atoms with Gasteiger partial charge in [0.2, 0.25) is 0 Å². The quantitative estimate of drug-likeness (QED) is 0.774. The minimum atomic E-state index is -0.267. The number of carbonyl (C=O) groups excluding carboxylic acids is 2. The van der Waals surface area contributed by atoms with Gasteiger partial charge in [0.25, 0.3) is 5.91 Å². The fraction of sp³-hybridized carbons (Fsp3) is 0.263. The first kappa shape index (κ1) is 14.8. The van der Waals surface area contributed by atoms with Gasteiger partial charge in [-0.1, -0.05) is 18.2 Å². The second-order valence-electron chi connectivity index (χ2n) is 6.09. The molecule has 5 nitrogen and oxygen atoms in total. The van der Waals surface area contributed by atoms with Gasteiger partial charge in [0, 0.05) is 42.6 Å². The first-order valence-electron chi connectivity index (χ1n) is 8.21. The summed E-state index contributed by atoms with van der Waals surface area (Å²) < 4.78 is 5.56. The lowest BCUT2D eigenvalue weighted by Gasteiger charge is -2.06. The number of ketones is 1. The number of nitrogens with one attached hydrogen (secondary N) is 2. The summed E-state index contributed by atoms with van der Waals surface area (Å²) in [6.45, 7) is 0.514. The third-order valence-electron chi connectivity index (χ3n) is 4.50. The maximum absolute atomic E-state index is 12.2. The Bertz CT molecular complexity index is 920. The van der Waals surface area contributed by atoms with Gasteiger partial charge in [-0.3, -0.25) is 9.59 Å². The minimum absolute atomic E-state index is 0.0674. The Morgan fingerprint density at radius 1 is 1.25 bits per heavy atom. The largest absolute Gasteiger partial charge is 0.455 e. The van der Waals surface area contributed by atoms with Crippen molar-refractivity contribution in [2.75, 3.05) is 6.54 Å². The van der Waals surface area contributed by atoms with E-state index in [9.17, 15) is 9.59 Å². The molecule has 1 amide bonds. The zero-order valence-electron chi connectivity index (χ0n) is 13.2. The van der Waals surface area contributed by atoms with Crippen LogP contribution in [0.4, 0.5) is 0 Å². The fourth-order valence-electron chi connectivity index (χ4n) is 3.24. The van der Waals surface area contributed by atoms with Crippen molar-refractivity contribution in [2.24, 2.45) is 0 Å². The molecule has 0 spiro atoms. The van der Waals surface area contributed by atoms with Crippen molar-refractivity contribution in [3.63, 3.8) is 0 Å². The van der Waals surface area contributed by atoms with E-state index >= 15 is 0 Å². The number of hydrogen-bond acceptors (Lipinski definition) is 3. The minimum Gasteiger partial charge on any atom is -0.455 e. The average molecular weight is 322 g/mol. The molecule has 3 aromatic rings. The Morgan fingerprint density at radius 2 is 2.12 bits per heavy atom. The molecule has 1 aromatic carbocycles. The topological polar surface area (TPSA) is 75.1 Å². The number of Topliss-reactive ketones (excluding diaryl/α,β-unsaturated/α-hetero) is 1. The molecule has 1 aliphatic rings. The van der Waals surface area contributed by atoms with E-state index in [1.807, 2.05) is 24.4 Å². The molecule has 24 heavy (non-hydrogen) atoms. The van der Waals surface area contributed by atoms with Crippen LogP contribution < -0.4 is 5.32 Å². The van der Waals surface area contributed by atoms with Crippen LogP contribution in [0.15, 0.2) is 40.9 Å². The number of fused-ring (bicyclic) bond motifs is 2. The highest BCUT2D eigenvalue weighted by Gasteiger charge is 2.24. The van der Waals surface area contributed by atoms with Crippen LogP contribution >= 0.6 is 0 Å². The first-order chi connectivity index (χ1) is 11.7. The van der Waals surface area contributed by atoms with Crippen LogP contribution in [0.25, 0.3) is 10.9 Å². The van der Waals surface area contributed by atoms with Gasteiger partial charge in [0.05, 0.1) is 5.56 Å². The summed E-state index contributed by atoms with van der Waals surface area (Å²) >= 11 is 0. The third kappa shape index (κ3) is 2.62. The zero-order chi connectivity index (χ0) is 16.5. The van der Waals surface area contributed by atoms with Gasteiger partial charge in [-0.05, 0) is 24.5 Å². The lowest BCUT2D eigenvalue weighted by molar-refractivity contribution is 0.0920. The second kappa shape index (κ2) is 6.00. The highest BCUT2D eigenvalue weighted by molar-refractivity contribution is 6.01. The molecule has 5 heteroatoms. The molecule has 2 heterocycles. The van der Waals surface area contributed by atoms with Crippen LogP contribution in [0.1, 0.15) is 45.1 Å². The lowest BCUT2D eigenvalue weighted by atomic mass is 9.97. The van der Waals surface area contributed by atoms with Gasteiger partial charge in [-0.15, -0.1) is 0 Å². The van der Waals surface area contributed by atoms with Gasteiger partial charge in [0.1, 0.15) is 5.76 Å². The number of H-pyrrole nitrogens is 1. The Hall–Kier alpha value is -2.82. The van der Waals surface area contributed by atoms with Crippen LogP contribution in [-0.4, -0.2) is 23.2 Å². The highest BCUT2D eigenvalue weighted by Crippen LogP contribution is 2.24. The second-order valence-corrected chi connectivity index (χ2v) is 6.09. The molecular formula is C19H18N2O3. The lowest BCUT2D eigenvalue weighted by Crippen LogP contribution is -2.25. The van der Waals surface area contributed by atoms with Crippen molar-refractivity contribution < 1.29 is 14.0 Å². The molecule has 0 atom stereocenters. The van der Waals surface area contributed by atoms with Crippen molar-refractivity contribution >= 4 is 22.6 Å². The Labute approximate surface area is 139 Å². The van der Waals surface area contributed by atoms with Crippen molar-refractivity contribution in [1.82, 2.24) is 10.3 Å². The van der Waals surface area contributed by atoms with Crippen LogP contribution in [0.5, 0.6) is 0 Å². The van der Waals surface area contributed by atoms with E-state index in [1.54, 1.807) is 6.07 Å². The van der Waals surface area contributed by atoms with Crippen LogP contribution in [0, 0.1) is 0 Å². The van der Waals surface area contributed by atoms with Crippen molar-refractivity contribution in [3.8, 4) is 0 Å². The molecular weight excluding hydrogens is 304 g/mol. The van der Waals surface area contributed by atoms with Crippen molar-refractivity contribution in [1.29, 1.82) is 0 Å². The monoisotopic (exact) mass is 322 g/mol. The predicted molar refractivity (Wildman–Crippen MR) is 90.3 cm³/mol. The molecule has 122 valence electrons. The van der Waals surface area contributed by atoms with Gasteiger partial charge in [-0.2, -0.15) is 0 Å². The normalized spacial score (nSPS) is 13.9. The maximum Gasteiger partial charge on any atom is 0.287 e. The average Bonchev–Trinajstić information content (AvgIpc) is 3.20. The van der Waals surface area contributed by atoms with E-state index < -0.39 is 0 Å². The summed E-state index contributed by atoms with van der Waals surface area (Å²) in [5, 5.41) is 4.04. The molecule has 2 aromatic heterocycles. The highest BCUT2D eigenvalue weighted by atomic mass is 16.4. The van der Waals surface area contributed by atoms with E-state index in [1.165, 1.54) is 10.9 Å². The molecule has 0 radical (unpaired) electrons. The number of amides is 1. The summed E-state index contributed by atoms with van der Waals surface area (Å²) in [6, 6.07) is 9.67. The number of hydrogen-bond donors (Lipinski definition) is 2. The molecule has 0 bridgehead atoms. The number of benzene rings is 1. The van der Waals surface area contributed by atoms with E-state index in [0.29, 0.717) is 24.3 Å². The number of furan rings is 1. The molecule has 4 rings (SSSR count). The molecule has 1 aliphatic carbocycles. The van der Waals surface area contributed by atoms with E-state index in [4.69, 9.17) is 4.42 Å². The van der Waals surface area contributed by atoms with Gasteiger partial charge < -0.3 is 14.7 Å². The van der Waals surface area contributed by atoms with Gasteiger partial charge >= 0.3 is 0 Å². The van der Waals surface area contributed by atoms with Gasteiger partial charge in [-0.25, -0.2) is 0 Å². The van der Waals surface area contributed by atoms with Gasteiger partial charge in [0.15, 0.2) is 11.5 Å². The fourth-order valence-corrected chi connectivity index (χ4v) is 3.24. The Morgan fingerprint density at radius 3 is 3.00 bits per heavy atom.